The lowest BCUT2D eigenvalue weighted by Gasteiger charge is -2.26. The zero-order chi connectivity index (χ0) is 20.1. The van der Waals surface area contributed by atoms with Crippen LogP contribution in [0.25, 0.3) is 0 Å². The number of pyridine rings is 1. The van der Waals surface area contributed by atoms with Gasteiger partial charge in [-0.2, -0.15) is 0 Å². The van der Waals surface area contributed by atoms with Crippen LogP contribution in [0.2, 0.25) is 0 Å². The maximum Gasteiger partial charge on any atom is 0.410 e. The van der Waals surface area contributed by atoms with Gasteiger partial charge in [0.1, 0.15) is 18.7 Å². The van der Waals surface area contributed by atoms with Crippen molar-refractivity contribution in [3.8, 4) is 0 Å². The minimum absolute atomic E-state index is 0.0370. The maximum atomic E-state index is 12.3. The molecule has 6 nitrogen and oxygen atoms in total. The molecule has 1 aliphatic heterocycles. The number of nitrogens with one attached hydrogen (secondary N) is 1. The Kier molecular flexibility index (Phi) is 5.79. The summed E-state index contributed by atoms with van der Waals surface area (Å²) in [5.41, 5.74) is 3.68. The number of ether oxygens (including phenoxy) is 1. The van der Waals surface area contributed by atoms with Gasteiger partial charge in [-0.3, -0.25) is 0 Å². The van der Waals surface area contributed by atoms with E-state index in [4.69, 9.17) is 9.72 Å². The molecule has 0 bridgehead atoms. The van der Waals surface area contributed by atoms with Crippen molar-refractivity contribution < 1.29 is 14.3 Å². The van der Waals surface area contributed by atoms with E-state index >= 15 is 0 Å². The van der Waals surface area contributed by atoms with E-state index in [1.54, 1.807) is 0 Å². The van der Waals surface area contributed by atoms with Gasteiger partial charge in [0, 0.05) is 29.8 Å². The lowest BCUT2D eigenvalue weighted by molar-refractivity contribution is -0.108. The highest BCUT2D eigenvalue weighted by Crippen LogP contribution is 2.54. The van der Waals surface area contributed by atoms with Crippen LogP contribution in [0, 0.1) is 0 Å². The average Bonchev–Trinajstić information content (AvgIpc) is 3.52. The SMILES string of the molecule is O=CCN(CCCc1ccc2c(n1)NCCC21CC1)C(=O)OCc1ccccc1. The Hall–Kier alpha value is -2.89. The quantitative estimate of drug-likeness (QED) is 0.693. The first kappa shape index (κ1) is 19.4. The number of amides is 1. The van der Waals surface area contributed by atoms with Crippen LogP contribution < -0.4 is 5.32 Å². The second-order valence-electron chi connectivity index (χ2n) is 7.91. The van der Waals surface area contributed by atoms with Crippen LogP contribution in [0.15, 0.2) is 42.5 Å². The number of anilines is 1. The van der Waals surface area contributed by atoms with Crippen LogP contribution in [0.5, 0.6) is 0 Å². The molecule has 0 unspecified atom stereocenters. The standard InChI is InChI=1S/C23H27N3O3/c27-16-15-26(22(28)29-17-18-5-2-1-3-6-18)14-4-7-19-8-9-20-21(25-19)24-13-12-23(20)10-11-23/h1-3,5-6,8-9,16H,4,7,10-15,17H2,(H,24,25). The number of carbonyl (C=O) groups excluding carboxylic acids is 2. The Bertz CT molecular complexity index is 865. The predicted octanol–water partition coefficient (Wildman–Crippen LogP) is 3.70. The number of aromatic nitrogens is 1. The molecule has 1 spiro atoms. The molecule has 1 aromatic heterocycles. The average molecular weight is 393 g/mol. The Morgan fingerprint density at radius 3 is 2.76 bits per heavy atom. The minimum atomic E-state index is -0.461. The lowest BCUT2D eigenvalue weighted by atomic mass is 9.90. The molecular formula is C23H27N3O3. The first-order chi connectivity index (χ1) is 14.2. The van der Waals surface area contributed by atoms with Gasteiger partial charge in [0.15, 0.2) is 0 Å². The third-order valence-electron chi connectivity index (χ3n) is 5.89. The van der Waals surface area contributed by atoms with Crippen LogP contribution in [0.4, 0.5) is 10.6 Å². The molecule has 2 aromatic rings. The Morgan fingerprint density at radius 1 is 1.17 bits per heavy atom. The highest BCUT2D eigenvalue weighted by molar-refractivity contribution is 5.71. The molecule has 2 heterocycles. The Morgan fingerprint density at radius 2 is 2.00 bits per heavy atom. The van der Waals surface area contributed by atoms with Gasteiger partial charge < -0.3 is 19.7 Å². The van der Waals surface area contributed by atoms with Crippen molar-refractivity contribution in [1.82, 2.24) is 9.88 Å². The smallest absolute Gasteiger partial charge is 0.410 e. The number of fused-ring (bicyclic) bond motifs is 2. The van der Waals surface area contributed by atoms with Gasteiger partial charge in [-0.1, -0.05) is 36.4 Å². The number of aryl methyl sites for hydroxylation is 1. The first-order valence-corrected chi connectivity index (χ1v) is 10.3. The Labute approximate surface area is 171 Å². The van der Waals surface area contributed by atoms with Gasteiger partial charge in [0.25, 0.3) is 0 Å². The van der Waals surface area contributed by atoms with Gasteiger partial charge in [-0.25, -0.2) is 9.78 Å². The van der Waals surface area contributed by atoms with Gasteiger partial charge >= 0.3 is 6.09 Å². The summed E-state index contributed by atoms with van der Waals surface area (Å²) in [6.07, 6.45) is 5.50. The van der Waals surface area contributed by atoms with Gasteiger partial charge in [-0.05, 0) is 43.7 Å². The summed E-state index contributed by atoms with van der Waals surface area (Å²) in [6.45, 7) is 1.69. The van der Waals surface area contributed by atoms with E-state index in [0.29, 0.717) is 12.0 Å². The van der Waals surface area contributed by atoms with Crippen molar-refractivity contribution in [3.05, 3.63) is 59.3 Å². The fraction of sp³-hybridized carbons (Fsp3) is 0.435. The highest BCUT2D eigenvalue weighted by atomic mass is 16.6. The second kappa shape index (κ2) is 8.64. The van der Waals surface area contributed by atoms with Crippen molar-refractivity contribution in [2.75, 3.05) is 25.0 Å². The van der Waals surface area contributed by atoms with Crippen molar-refractivity contribution in [3.63, 3.8) is 0 Å². The van der Waals surface area contributed by atoms with Crippen LogP contribution in [0.1, 0.15) is 42.5 Å². The van der Waals surface area contributed by atoms with Crippen LogP contribution in [-0.2, 0) is 28.0 Å². The fourth-order valence-electron chi connectivity index (χ4n) is 4.04. The third-order valence-corrected chi connectivity index (χ3v) is 5.89. The molecule has 1 amide bonds. The van der Waals surface area contributed by atoms with Crippen LogP contribution in [-0.4, -0.2) is 41.9 Å². The molecule has 0 radical (unpaired) electrons. The number of hydrogen-bond acceptors (Lipinski definition) is 5. The number of carbonyl (C=O) groups is 2. The molecule has 0 saturated heterocycles. The normalized spacial score (nSPS) is 15.9. The van der Waals surface area contributed by atoms with Crippen molar-refractivity contribution in [2.24, 2.45) is 0 Å². The van der Waals surface area contributed by atoms with E-state index in [-0.39, 0.29) is 13.2 Å². The zero-order valence-electron chi connectivity index (χ0n) is 16.6. The molecule has 152 valence electrons. The molecular weight excluding hydrogens is 366 g/mol. The summed E-state index contributed by atoms with van der Waals surface area (Å²) in [5.74, 6) is 1.03. The van der Waals surface area contributed by atoms with E-state index in [0.717, 1.165) is 42.7 Å². The van der Waals surface area contributed by atoms with Gasteiger partial charge in [0.2, 0.25) is 0 Å². The van der Waals surface area contributed by atoms with E-state index in [1.165, 1.54) is 29.7 Å². The van der Waals surface area contributed by atoms with Crippen LogP contribution >= 0.6 is 0 Å². The molecule has 4 rings (SSSR count). The van der Waals surface area contributed by atoms with Crippen molar-refractivity contribution >= 4 is 18.2 Å². The number of rotatable bonds is 8. The molecule has 0 atom stereocenters. The summed E-state index contributed by atoms with van der Waals surface area (Å²) in [5, 5.41) is 3.43. The molecule has 29 heavy (non-hydrogen) atoms. The zero-order valence-corrected chi connectivity index (χ0v) is 16.6. The number of hydrogen-bond donors (Lipinski definition) is 1. The second-order valence-corrected chi connectivity index (χ2v) is 7.91. The molecule has 1 N–H and O–H groups in total. The predicted molar refractivity (Wildman–Crippen MR) is 111 cm³/mol. The minimum Gasteiger partial charge on any atom is -0.445 e. The van der Waals surface area contributed by atoms with Crippen molar-refractivity contribution in [1.29, 1.82) is 0 Å². The number of nitrogens with zero attached hydrogens (tertiary/aromatic N) is 2. The molecule has 1 fully saturated rings. The number of aldehydes is 1. The number of benzene rings is 1. The summed E-state index contributed by atoms with van der Waals surface area (Å²) >= 11 is 0. The highest BCUT2D eigenvalue weighted by Gasteiger charge is 2.47. The van der Waals surface area contributed by atoms with E-state index < -0.39 is 6.09 Å². The van der Waals surface area contributed by atoms with Gasteiger partial charge in [-0.15, -0.1) is 0 Å². The molecule has 1 aromatic carbocycles. The topological polar surface area (TPSA) is 71.5 Å². The van der Waals surface area contributed by atoms with Crippen molar-refractivity contribution in [2.45, 2.75) is 44.1 Å². The maximum absolute atomic E-state index is 12.3. The summed E-state index contributed by atoms with van der Waals surface area (Å²) < 4.78 is 5.35. The summed E-state index contributed by atoms with van der Waals surface area (Å²) in [7, 11) is 0. The monoisotopic (exact) mass is 393 g/mol. The van der Waals surface area contributed by atoms with Crippen LogP contribution in [0.3, 0.4) is 0 Å². The van der Waals surface area contributed by atoms with Gasteiger partial charge in [0.05, 0.1) is 6.54 Å². The fourth-order valence-corrected chi connectivity index (χ4v) is 4.04. The molecule has 2 aliphatic rings. The third kappa shape index (κ3) is 4.58. The lowest BCUT2D eigenvalue weighted by Crippen LogP contribution is -2.34. The van der Waals surface area contributed by atoms with E-state index in [9.17, 15) is 9.59 Å². The Balaban J connectivity index is 1.29. The summed E-state index contributed by atoms with van der Waals surface area (Å²) in [6, 6.07) is 13.8. The summed E-state index contributed by atoms with van der Waals surface area (Å²) in [4.78, 5) is 29.6. The molecule has 1 saturated carbocycles. The van der Waals surface area contributed by atoms with E-state index in [1.807, 2.05) is 30.3 Å². The molecule has 1 aliphatic carbocycles. The van der Waals surface area contributed by atoms with E-state index in [2.05, 4.69) is 17.4 Å². The largest absolute Gasteiger partial charge is 0.445 e. The molecule has 6 heteroatoms. The first-order valence-electron chi connectivity index (χ1n) is 10.3.